The third-order valence-electron chi connectivity index (χ3n) is 2.81. The Morgan fingerprint density at radius 2 is 2.26 bits per heavy atom. The number of anilines is 2. The second-order valence-electron chi connectivity index (χ2n) is 4.27. The first-order valence-corrected chi connectivity index (χ1v) is 5.94. The van der Waals surface area contributed by atoms with E-state index in [1.54, 1.807) is 10.7 Å². The number of aryl methyl sites for hydroxylation is 1. The van der Waals surface area contributed by atoms with Gasteiger partial charge in [-0.1, -0.05) is 0 Å². The second kappa shape index (κ2) is 5.60. The van der Waals surface area contributed by atoms with Gasteiger partial charge in [-0.2, -0.15) is 5.10 Å². The fourth-order valence-corrected chi connectivity index (χ4v) is 1.82. The molecule has 6 heteroatoms. The SMILES string of the molecule is COc1cc(NCCc2cnn(C)c2)c(N)cc1F. The van der Waals surface area contributed by atoms with E-state index in [0.29, 0.717) is 17.9 Å². The van der Waals surface area contributed by atoms with Crippen LogP contribution in [0.15, 0.2) is 24.5 Å². The molecule has 1 aromatic heterocycles. The summed E-state index contributed by atoms with van der Waals surface area (Å²) in [6.45, 7) is 0.685. The van der Waals surface area contributed by atoms with E-state index in [0.717, 1.165) is 12.0 Å². The van der Waals surface area contributed by atoms with Crippen molar-refractivity contribution in [3.63, 3.8) is 0 Å². The van der Waals surface area contributed by atoms with E-state index >= 15 is 0 Å². The fraction of sp³-hybridized carbons (Fsp3) is 0.308. The summed E-state index contributed by atoms with van der Waals surface area (Å²) < 4.78 is 20.1. The van der Waals surface area contributed by atoms with Gasteiger partial charge in [-0.05, 0) is 12.0 Å². The van der Waals surface area contributed by atoms with Crippen molar-refractivity contribution in [3.8, 4) is 5.75 Å². The Balaban J connectivity index is 1.99. The fourth-order valence-electron chi connectivity index (χ4n) is 1.82. The van der Waals surface area contributed by atoms with Gasteiger partial charge in [-0.15, -0.1) is 0 Å². The molecule has 0 aliphatic carbocycles. The van der Waals surface area contributed by atoms with Crippen LogP contribution in [0.3, 0.4) is 0 Å². The standard InChI is InChI=1S/C13H17FN4O/c1-18-8-9(7-17-18)3-4-16-12-6-13(19-2)10(14)5-11(12)15/h5-8,16H,3-4,15H2,1-2H3. The molecule has 5 nitrogen and oxygen atoms in total. The minimum Gasteiger partial charge on any atom is -0.494 e. The van der Waals surface area contributed by atoms with E-state index in [1.807, 2.05) is 19.4 Å². The molecule has 0 saturated heterocycles. The van der Waals surface area contributed by atoms with Gasteiger partial charge >= 0.3 is 0 Å². The maximum atomic E-state index is 13.4. The number of halogens is 1. The quantitative estimate of drug-likeness (QED) is 0.808. The third kappa shape index (κ3) is 3.15. The van der Waals surface area contributed by atoms with E-state index in [-0.39, 0.29) is 5.75 Å². The zero-order chi connectivity index (χ0) is 13.8. The number of methoxy groups -OCH3 is 1. The van der Waals surface area contributed by atoms with Crippen LogP contribution in [0.25, 0.3) is 0 Å². The first-order chi connectivity index (χ1) is 9.10. The molecular weight excluding hydrogens is 247 g/mol. The number of nitrogens with one attached hydrogen (secondary N) is 1. The van der Waals surface area contributed by atoms with Crippen LogP contribution in [0.2, 0.25) is 0 Å². The molecule has 3 N–H and O–H groups in total. The minimum atomic E-state index is -0.460. The summed E-state index contributed by atoms with van der Waals surface area (Å²) in [5, 5.41) is 7.26. The first-order valence-electron chi connectivity index (χ1n) is 5.94. The second-order valence-corrected chi connectivity index (χ2v) is 4.27. The maximum Gasteiger partial charge on any atom is 0.167 e. The van der Waals surface area contributed by atoms with Crippen LogP contribution in [-0.4, -0.2) is 23.4 Å². The largest absolute Gasteiger partial charge is 0.494 e. The van der Waals surface area contributed by atoms with Gasteiger partial charge in [0.1, 0.15) is 0 Å². The molecule has 0 atom stereocenters. The molecule has 0 aliphatic rings. The van der Waals surface area contributed by atoms with Crippen molar-refractivity contribution in [1.29, 1.82) is 0 Å². The highest BCUT2D eigenvalue weighted by molar-refractivity contribution is 5.68. The van der Waals surface area contributed by atoms with Gasteiger partial charge in [-0.25, -0.2) is 4.39 Å². The Labute approximate surface area is 111 Å². The zero-order valence-corrected chi connectivity index (χ0v) is 11.0. The van der Waals surface area contributed by atoms with Crippen LogP contribution >= 0.6 is 0 Å². The van der Waals surface area contributed by atoms with Crippen LogP contribution in [0.1, 0.15) is 5.56 Å². The van der Waals surface area contributed by atoms with Gasteiger partial charge in [0, 0.05) is 31.9 Å². The number of nitrogens with two attached hydrogens (primary N) is 1. The Hall–Kier alpha value is -2.24. The Bertz CT molecular complexity index is 568. The molecule has 0 fully saturated rings. The lowest BCUT2D eigenvalue weighted by Crippen LogP contribution is -2.07. The highest BCUT2D eigenvalue weighted by atomic mass is 19.1. The van der Waals surface area contributed by atoms with E-state index in [4.69, 9.17) is 10.5 Å². The summed E-state index contributed by atoms with van der Waals surface area (Å²) in [5.74, 6) is -0.282. The number of hydrogen-bond donors (Lipinski definition) is 2. The van der Waals surface area contributed by atoms with Gasteiger partial charge in [-0.3, -0.25) is 4.68 Å². The van der Waals surface area contributed by atoms with Crippen molar-refractivity contribution >= 4 is 11.4 Å². The first kappa shape index (κ1) is 13.2. The predicted molar refractivity (Wildman–Crippen MR) is 72.8 cm³/mol. The molecule has 0 amide bonds. The number of nitrogens with zero attached hydrogens (tertiary/aromatic N) is 2. The molecule has 19 heavy (non-hydrogen) atoms. The van der Waals surface area contributed by atoms with Crippen molar-refractivity contribution in [2.75, 3.05) is 24.7 Å². The summed E-state index contributed by atoms with van der Waals surface area (Å²) >= 11 is 0. The summed E-state index contributed by atoms with van der Waals surface area (Å²) in [6, 6.07) is 2.82. The van der Waals surface area contributed by atoms with E-state index in [9.17, 15) is 4.39 Å². The molecule has 0 aliphatic heterocycles. The predicted octanol–water partition coefficient (Wildman–Crippen LogP) is 1.80. The molecule has 102 valence electrons. The van der Waals surface area contributed by atoms with Crippen molar-refractivity contribution in [2.24, 2.45) is 7.05 Å². The molecule has 0 saturated carbocycles. The number of ether oxygens (including phenoxy) is 1. The Morgan fingerprint density at radius 3 is 2.89 bits per heavy atom. The maximum absolute atomic E-state index is 13.4. The Morgan fingerprint density at radius 1 is 1.47 bits per heavy atom. The lowest BCUT2D eigenvalue weighted by atomic mass is 10.2. The summed E-state index contributed by atoms with van der Waals surface area (Å²) in [4.78, 5) is 0. The molecule has 1 aromatic carbocycles. The Kier molecular flexibility index (Phi) is 3.89. The van der Waals surface area contributed by atoms with Crippen molar-refractivity contribution in [3.05, 3.63) is 35.9 Å². The molecule has 2 aromatic rings. The number of rotatable bonds is 5. The van der Waals surface area contributed by atoms with Crippen molar-refractivity contribution in [1.82, 2.24) is 9.78 Å². The lowest BCUT2D eigenvalue weighted by molar-refractivity contribution is 0.387. The summed E-state index contributed by atoms with van der Waals surface area (Å²) in [6.07, 6.45) is 4.58. The van der Waals surface area contributed by atoms with Gasteiger partial charge in [0.25, 0.3) is 0 Å². The van der Waals surface area contributed by atoms with Crippen LogP contribution in [0, 0.1) is 5.82 Å². The lowest BCUT2D eigenvalue weighted by Gasteiger charge is -2.11. The normalized spacial score (nSPS) is 10.5. The van der Waals surface area contributed by atoms with E-state index in [1.165, 1.54) is 13.2 Å². The topological polar surface area (TPSA) is 65.1 Å². The van der Waals surface area contributed by atoms with E-state index in [2.05, 4.69) is 10.4 Å². The number of nitrogen functional groups attached to an aromatic ring is 1. The zero-order valence-electron chi connectivity index (χ0n) is 11.0. The average molecular weight is 264 g/mol. The molecular formula is C13H17FN4O. The van der Waals surface area contributed by atoms with Gasteiger partial charge in [0.15, 0.2) is 11.6 Å². The van der Waals surface area contributed by atoms with Crippen LogP contribution < -0.4 is 15.8 Å². The van der Waals surface area contributed by atoms with Crippen LogP contribution in [-0.2, 0) is 13.5 Å². The molecule has 0 bridgehead atoms. The van der Waals surface area contributed by atoms with Crippen molar-refractivity contribution < 1.29 is 9.13 Å². The highest BCUT2D eigenvalue weighted by Crippen LogP contribution is 2.27. The molecule has 1 heterocycles. The van der Waals surface area contributed by atoms with Crippen molar-refractivity contribution in [2.45, 2.75) is 6.42 Å². The smallest absolute Gasteiger partial charge is 0.167 e. The third-order valence-corrected chi connectivity index (χ3v) is 2.81. The molecule has 0 spiro atoms. The molecule has 0 unspecified atom stereocenters. The molecule has 2 rings (SSSR count). The average Bonchev–Trinajstić information content (AvgIpc) is 2.78. The number of hydrogen-bond acceptors (Lipinski definition) is 4. The van der Waals surface area contributed by atoms with Gasteiger partial charge in [0.2, 0.25) is 0 Å². The van der Waals surface area contributed by atoms with E-state index < -0.39 is 5.82 Å². The summed E-state index contributed by atoms with van der Waals surface area (Å²) in [5.41, 5.74) is 7.92. The van der Waals surface area contributed by atoms with Gasteiger partial charge in [0.05, 0.1) is 24.7 Å². The minimum absolute atomic E-state index is 0.179. The highest BCUT2D eigenvalue weighted by Gasteiger charge is 2.08. The number of benzene rings is 1. The van der Waals surface area contributed by atoms with Gasteiger partial charge < -0.3 is 15.8 Å². The summed E-state index contributed by atoms with van der Waals surface area (Å²) in [7, 11) is 3.30. The van der Waals surface area contributed by atoms with Crippen LogP contribution in [0.4, 0.5) is 15.8 Å². The molecule has 0 radical (unpaired) electrons. The number of aromatic nitrogens is 2. The van der Waals surface area contributed by atoms with Crippen LogP contribution in [0.5, 0.6) is 5.75 Å². The monoisotopic (exact) mass is 264 g/mol.